The molecule has 138 valence electrons. The summed E-state index contributed by atoms with van der Waals surface area (Å²) >= 11 is 0. The molecule has 7 heteroatoms. The van der Waals surface area contributed by atoms with Gasteiger partial charge in [0.15, 0.2) is 0 Å². The number of amides is 1. The minimum Gasteiger partial charge on any atom is -0.383 e. The summed E-state index contributed by atoms with van der Waals surface area (Å²) in [6.45, 7) is 1.08. The highest BCUT2D eigenvalue weighted by atomic mass is 32.2. The molecule has 1 aliphatic heterocycles. The topological polar surface area (TPSA) is 75.7 Å². The molecule has 0 bridgehead atoms. The third kappa shape index (κ3) is 3.95. The lowest BCUT2D eigenvalue weighted by Gasteiger charge is -2.29. The Morgan fingerprint density at radius 3 is 2.81 bits per heavy atom. The zero-order chi connectivity index (χ0) is 18.6. The van der Waals surface area contributed by atoms with Crippen LogP contribution in [0.3, 0.4) is 0 Å². The van der Waals surface area contributed by atoms with Gasteiger partial charge in [0.05, 0.1) is 11.5 Å². The summed E-state index contributed by atoms with van der Waals surface area (Å²) in [7, 11) is -2.18. The Labute approximate surface area is 153 Å². The third-order valence-electron chi connectivity index (χ3n) is 4.34. The molecule has 0 unspecified atom stereocenters. The van der Waals surface area contributed by atoms with Crippen molar-refractivity contribution in [2.75, 3.05) is 31.7 Å². The summed E-state index contributed by atoms with van der Waals surface area (Å²) in [5.74, 6) is -0.189. The molecule has 2 aromatic carbocycles. The number of aryl methyl sites for hydroxylation is 1. The first-order valence-electron chi connectivity index (χ1n) is 8.51. The zero-order valence-electron chi connectivity index (χ0n) is 14.6. The van der Waals surface area contributed by atoms with Crippen molar-refractivity contribution < 1.29 is 17.9 Å². The van der Waals surface area contributed by atoms with E-state index in [9.17, 15) is 13.2 Å². The van der Waals surface area contributed by atoms with Crippen molar-refractivity contribution in [1.82, 2.24) is 4.72 Å². The number of anilines is 1. The molecular weight excluding hydrogens is 352 g/mol. The first-order chi connectivity index (χ1) is 12.5. The Kier molecular flexibility index (Phi) is 5.70. The van der Waals surface area contributed by atoms with Crippen LogP contribution in [0.4, 0.5) is 5.69 Å². The number of sulfonamides is 1. The van der Waals surface area contributed by atoms with Gasteiger partial charge < -0.3 is 9.64 Å². The molecule has 0 aromatic heterocycles. The van der Waals surface area contributed by atoms with Crippen LogP contribution in [0.25, 0.3) is 0 Å². The molecule has 0 saturated heterocycles. The minimum absolute atomic E-state index is 0.0738. The van der Waals surface area contributed by atoms with Crippen molar-refractivity contribution in [3.8, 4) is 0 Å². The molecule has 1 aliphatic rings. The molecule has 0 fully saturated rings. The Hall–Kier alpha value is -2.22. The predicted molar refractivity (Wildman–Crippen MR) is 99.9 cm³/mol. The van der Waals surface area contributed by atoms with E-state index in [1.807, 2.05) is 24.3 Å². The van der Waals surface area contributed by atoms with E-state index in [1.54, 1.807) is 17.0 Å². The van der Waals surface area contributed by atoms with Gasteiger partial charge in [-0.3, -0.25) is 4.79 Å². The fourth-order valence-electron chi connectivity index (χ4n) is 3.06. The number of fused-ring (bicyclic) bond motifs is 1. The number of para-hydroxylation sites is 1. The summed E-state index contributed by atoms with van der Waals surface area (Å²) in [6.07, 6.45) is 1.83. The Morgan fingerprint density at radius 1 is 1.19 bits per heavy atom. The van der Waals surface area contributed by atoms with E-state index < -0.39 is 10.0 Å². The van der Waals surface area contributed by atoms with Crippen molar-refractivity contribution in [2.24, 2.45) is 0 Å². The molecule has 26 heavy (non-hydrogen) atoms. The van der Waals surface area contributed by atoms with E-state index in [0.29, 0.717) is 12.1 Å². The highest BCUT2D eigenvalue weighted by molar-refractivity contribution is 7.89. The van der Waals surface area contributed by atoms with E-state index in [1.165, 1.54) is 19.2 Å². The van der Waals surface area contributed by atoms with Gasteiger partial charge >= 0.3 is 0 Å². The maximum atomic E-state index is 13.0. The first-order valence-corrected chi connectivity index (χ1v) is 10.00. The molecule has 6 nitrogen and oxygen atoms in total. The highest BCUT2D eigenvalue weighted by Crippen LogP contribution is 2.28. The average molecular weight is 374 g/mol. The van der Waals surface area contributed by atoms with Crippen molar-refractivity contribution in [3.05, 3.63) is 59.7 Å². The second kappa shape index (κ2) is 7.99. The van der Waals surface area contributed by atoms with Crippen LogP contribution in [0.5, 0.6) is 0 Å². The van der Waals surface area contributed by atoms with Gasteiger partial charge in [-0.1, -0.05) is 24.3 Å². The number of nitrogens with zero attached hydrogens (tertiary/aromatic N) is 1. The van der Waals surface area contributed by atoms with Crippen molar-refractivity contribution >= 4 is 21.6 Å². The molecule has 2 aromatic rings. The van der Waals surface area contributed by atoms with E-state index in [2.05, 4.69) is 4.72 Å². The quantitative estimate of drug-likeness (QED) is 0.787. The molecule has 1 heterocycles. The van der Waals surface area contributed by atoms with E-state index in [0.717, 1.165) is 24.1 Å². The Balaban J connectivity index is 1.86. The number of methoxy groups -OCH3 is 1. The number of rotatable bonds is 6. The molecule has 0 radical (unpaired) electrons. The van der Waals surface area contributed by atoms with Gasteiger partial charge in [0.2, 0.25) is 10.0 Å². The minimum atomic E-state index is -3.68. The number of benzene rings is 2. The van der Waals surface area contributed by atoms with Gasteiger partial charge in [0.25, 0.3) is 5.91 Å². The van der Waals surface area contributed by atoms with E-state index in [4.69, 9.17) is 4.74 Å². The molecule has 0 aliphatic carbocycles. The molecule has 1 N–H and O–H groups in total. The highest BCUT2D eigenvalue weighted by Gasteiger charge is 2.24. The van der Waals surface area contributed by atoms with Crippen LogP contribution in [0.2, 0.25) is 0 Å². The molecule has 0 spiro atoms. The number of ether oxygens (including phenoxy) is 1. The summed E-state index contributed by atoms with van der Waals surface area (Å²) in [5, 5.41) is 0. The Morgan fingerprint density at radius 2 is 2.00 bits per heavy atom. The summed E-state index contributed by atoms with van der Waals surface area (Å²) in [5.41, 5.74) is 2.39. The average Bonchev–Trinajstić information content (AvgIpc) is 2.67. The Bertz CT molecular complexity index is 896. The monoisotopic (exact) mass is 374 g/mol. The molecular formula is C19H22N2O4S. The van der Waals surface area contributed by atoms with Gasteiger partial charge in [-0.05, 0) is 42.7 Å². The molecule has 0 atom stereocenters. The SMILES string of the molecule is COCCNS(=O)(=O)c1cccc(C(=O)N2CCCc3ccccc32)c1. The second-order valence-corrected chi connectivity index (χ2v) is 7.87. The van der Waals surface area contributed by atoms with Crippen LogP contribution in [0.15, 0.2) is 53.4 Å². The first kappa shape index (κ1) is 18.6. The second-order valence-electron chi connectivity index (χ2n) is 6.11. The van der Waals surface area contributed by atoms with Crippen LogP contribution in [0, 0.1) is 0 Å². The summed E-state index contributed by atoms with van der Waals surface area (Å²) < 4.78 is 32.0. The lowest BCUT2D eigenvalue weighted by atomic mass is 10.0. The summed E-state index contributed by atoms with van der Waals surface area (Å²) in [4.78, 5) is 14.8. The van der Waals surface area contributed by atoms with Crippen molar-refractivity contribution in [2.45, 2.75) is 17.7 Å². The standard InChI is InChI=1S/C19H22N2O4S/c1-25-13-11-20-26(23,24)17-9-4-7-16(14-17)19(22)21-12-5-8-15-6-2-3-10-18(15)21/h2-4,6-7,9-10,14,20H,5,8,11-13H2,1H3. The van der Waals surface area contributed by atoms with Gasteiger partial charge in [0, 0.05) is 31.5 Å². The maximum Gasteiger partial charge on any atom is 0.258 e. The normalized spacial score (nSPS) is 14.1. The van der Waals surface area contributed by atoms with Gasteiger partial charge in [0.1, 0.15) is 0 Å². The third-order valence-corrected chi connectivity index (χ3v) is 5.80. The van der Waals surface area contributed by atoms with Gasteiger partial charge in [-0.2, -0.15) is 0 Å². The fourth-order valence-corrected chi connectivity index (χ4v) is 4.12. The van der Waals surface area contributed by atoms with Crippen LogP contribution in [-0.4, -0.2) is 41.1 Å². The van der Waals surface area contributed by atoms with Crippen LogP contribution in [-0.2, 0) is 21.2 Å². The summed E-state index contributed by atoms with van der Waals surface area (Å²) in [6, 6.07) is 14.0. The number of carbonyl (C=O) groups is 1. The van der Waals surface area contributed by atoms with E-state index >= 15 is 0 Å². The predicted octanol–water partition coefficient (Wildman–Crippen LogP) is 2.20. The molecule has 0 saturated carbocycles. The number of nitrogens with one attached hydrogen (secondary N) is 1. The fraction of sp³-hybridized carbons (Fsp3) is 0.316. The largest absolute Gasteiger partial charge is 0.383 e. The molecule has 1 amide bonds. The lowest BCUT2D eigenvalue weighted by Crippen LogP contribution is -2.35. The number of hydrogen-bond donors (Lipinski definition) is 1. The zero-order valence-corrected chi connectivity index (χ0v) is 15.5. The maximum absolute atomic E-state index is 13.0. The lowest BCUT2D eigenvalue weighted by molar-refractivity contribution is 0.0985. The number of carbonyl (C=O) groups excluding carboxylic acids is 1. The smallest absolute Gasteiger partial charge is 0.258 e. The molecule has 3 rings (SSSR count). The van der Waals surface area contributed by atoms with Crippen molar-refractivity contribution in [1.29, 1.82) is 0 Å². The van der Waals surface area contributed by atoms with Crippen LogP contribution in [0.1, 0.15) is 22.3 Å². The van der Waals surface area contributed by atoms with Crippen molar-refractivity contribution in [3.63, 3.8) is 0 Å². The van der Waals surface area contributed by atoms with Gasteiger partial charge in [-0.25, -0.2) is 13.1 Å². The van der Waals surface area contributed by atoms with Crippen LogP contribution < -0.4 is 9.62 Å². The number of hydrogen-bond acceptors (Lipinski definition) is 4. The van der Waals surface area contributed by atoms with E-state index in [-0.39, 0.29) is 24.0 Å². The van der Waals surface area contributed by atoms with Gasteiger partial charge in [-0.15, -0.1) is 0 Å². The van der Waals surface area contributed by atoms with Crippen LogP contribution >= 0.6 is 0 Å².